The Morgan fingerprint density at radius 1 is 1.25 bits per heavy atom. The summed E-state index contributed by atoms with van der Waals surface area (Å²) in [5, 5.41) is 8.66. The van der Waals surface area contributed by atoms with Crippen LogP contribution < -0.4 is 0 Å². The molecule has 0 saturated heterocycles. The van der Waals surface area contributed by atoms with Gasteiger partial charge in [0.2, 0.25) is 0 Å². The Hall–Kier alpha value is -2.09. The van der Waals surface area contributed by atoms with Crippen LogP contribution in [0.2, 0.25) is 0 Å². The minimum Gasteiger partial charge on any atom is -0.472 e. The maximum atomic E-state index is 13.5. The van der Waals surface area contributed by atoms with Gasteiger partial charge in [-0.3, -0.25) is 4.90 Å². The average Bonchev–Trinajstić information content (AvgIpc) is 2.92. The third-order valence-electron chi connectivity index (χ3n) is 2.82. The minimum atomic E-state index is -0.368. The van der Waals surface area contributed by atoms with Gasteiger partial charge >= 0.3 is 0 Å². The van der Waals surface area contributed by atoms with E-state index in [-0.39, 0.29) is 12.4 Å². The first-order valence-corrected chi connectivity index (χ1v) is 6.27. The zero-order valence-electron chi connectivity index (χ0n) is 11.3. The number of aliphatic hydroxyl groups excluding tert-OH is 1. The summed E-state index contributed by atoms with van der Waals surface area (Å²) in [5.41, 5.74) is 2.38. The lowest BCUT2D eigenvalue weighted by Crippen LogP contribution is -2.17. The predicted octanol–water partition coefficient (Wildman–Crippen LogP) is 2.39. The van der Waals surface area contributed by atoms with E-state index < -0.39 is 0 Å². The van der Waals surface area contributed by atoms with Crippen molar-refractivity contribution in [1.29, 1.82) is 0 Å². The molecule has 0 atom stereocenters. The molecule has 104 valence electrons. The fraction of sp³-hybridized carbons (Fsp3) is 0.250. The molecule has 0 fully saturated rings. The van der Waals surface area contributed by atoms with E-state index in [0.717, 1.165) is 17.7 Å². The summed E-state index contributed by atoms with van der Waals surface area (Å²) >= 11 is 0. The summed E-state index contributed by atoms with van der Waals surface area (Å²) < 4.78 is 18.6. The van der Waals surface area contributed by atoms with Crippen molar-refractivity contribution < 1.29 is 13.9 Å². The van der Waals surface area contributed by atoms with Crippen LogP contribution in [0, 0.1) is 17.7 Å². The summed E-state index contributed by atoms with van der Waals surface area (Å²) in [7, 11) is 1.98. The van der Waals surface area contributed by atoms with E-state index in [1.165, 1.54) is 6.07 Å². The molecular weight excluding hydrogens is 257 g/mol. The number of rotatable bonds is 4. The van der Waals surface area contributed by atoms with Crippen molar-refractivity contribution in [2.45, 2.75) is 13.1 Å². The van der Waals surface area contributed by atoms with E-state index in [2.05, 4.69) is 16.7 Å². The average molecular weight is 273 g/mol. The molecule has 0 radical (unpaired) electrons. The van der Waals surface area contributed by atoms with Crippen LogP contribution in [-0.2, 0) is 13.1 Å². The molecule has 1 aromatic heterocycles. The van der Waals surface area contributed by atoms with Gasteiger partial charge in [-0.05, 0) is 30.8 Å². The van der Waals surface area contributed by atoms with E-state index in [1.807, 2.05) is 13.1 Å². The smallest absolute Gasteiger partial charge is 0.138 e. The maximum Gasteiger partial charge on any atom is 0.138 e. The molecule has 1 aromatic carbocycles. The van der Waals surface area contributed by atoms with Gasteiger partial charge < -0.3 is 9.52 Å². The molecule has 0 aliphatic carbocycles. The van der Waals surface area contributed by atoms with E-state index in [9.17, 15) is 4.39 Å². The van der Waals surface area contributed by atoms with Crippen molar-refractivity contribution in [3.63, 3.8) is 0 Å². The van der Waals surface area contributed by atoms with Gasteiger partial charge in [-0.15, -0.1) is 0 Å². The highest BCUT2D eigenvalue weighted by Gasteiger charge is 2.05. The molecule has 2 aromatic rings. The number of nitrogens with zero attached hydrogens (tertiary/aromatic N) is 1. The van der Waals surface area contributed by atoms with Crippen molar-refractivity contribution in [2.24, 2.45) is 0 Å². The van der Waals surface area contributed by atoms with Crippen molar-refractivity contribution in [1.82, 2.24) is 4.90 Å². The summed E-state index contributed by atoms with van der Waals surface area (Å²) in [5.74, 6) is 4.71. The van der Waals surface area contributed by atoms with E-state index >= 15 is 0 Å². The standard InChI is InChI=1S/C16H16FNO2/c1-18(11-14-6-8-20-12-14)10-13-4-5-16(17)15(9-13)3-2-7-19/h4-6,8-9,12,19H,7,10-11H2,1H3. The third-order valence-corrected chi connectivity index (χ3v) is 2.82. The Bertz CT molecular complexity index is 611. The highest BCUT2D eigenvalue weighted by Crippen LogP contribution is 2.13. The Morgan fingerprint density at radius 2 is 2.05 bits per heavy atom. The van der Waals surface area contributed by atoms with Crippen LogP contribution in [0.4, 0.5) is 4.39 Å². The van der Waals surface area contributed by atoms with Crippen molar-refractivity contribution in [3.05, 3.63) is 59.3 Å². The summed E-state index contributed by atoms with van der Waals surface area (Å²) in [6.45, 7) is 1.16. The summed E-state index contributed by atoms with van der Waals surface area (Å²) in [6, 6.07) is 6.77. The third kappa shape index (κ3) is 3.95. The molecule has 4 heteroatoms. The molecule has 0 aliphatic rings. The molecular formula is C16H16FNO2. The van der Waals surface area contributed by atoms with Gasteiger partial charge in [0.05, 0.1) is 18.1 Å². The Kier molecular flexibility index (Phi) is 4.94. The summed E-state index contributed by atoms with van der Waals surface area (Å²) in [4.78, 5) is 2.10. The predicted molar refractivity (Wildman–Crippen MR) is 74.2 cm³/mol. The number of aliphatic hydroxyl groups is 1. The topological polar surface area (TPSA) is 36.6 Å². The molecule has 0 saturated carbocycles. The molecule has 1 N–H and O–H groups in total. The highest BCUT2D eigenvalue weighted by molar-refractivity contribution is 5.38. The lowest BCUT2D eigenvalue weighted by molar-refractivity contribution is 0.317. The van der Waals surface area contributed by atoms with Crippen molar-refractivity contribution >= 4 is 0 Å². The maximum absolute atomic E-state index is 13.5. The second kappa shape index (κ2) is 6.90. The van der Waals surface area contributed by atoms with Crippen LogP contribution in [0.25, 0.3) is 0 Å². The van der Waals surface area contributed by atoms with Gasteiger partial charge in [-0.2, -0.15) is 0 Å². The van der Waals surface area contributed by atoms with Crippen LogP contribution in [0.15, 0.2) is 41.2 Å². The van der Waals surface area contributed by atoms with E-state index in [0.29, 0.717) is 12.1 Å². The second-order valence-electron chi connectivity index (χ2n) is 4.58. The zero-order chi connectivity index (χ0) is 14.4. The first-order valence-electron chi connectivity index (χ1n) is 6.27. The largest absolute Gasteiger partial charge is 0.472 e. The fourth-order valence-corrected chi connectivity index (χ4v) is 1.96. The molecule has 0 bridgehead atoms. The fourth-order valence-electron chi connectivity index (χ4n) is 1.96. The van der Waals surface area contributed by atoms with Crippen molar-refractivity contribution in [2.75, 3.05) is 13.7 Å². The molecule has 20 heavy (non-hydrogen) atoms. The van der Waals surface area contributed by atoms with Crippen LogP contribution >= 0.6 is 0 Å². The number of hydrogen-bond acceptors (Lipinski definition) is 3. The monoisotopic (exact) mass is 273 g/mol. The quantitative estimate of drug-likeness (QED) is 0.869. The lowest BCUT2D eigenvalue weighted by Gasteiger charge is -2.15. The van der Waals surface area contributed by atoms with Gasteiger partial charge in [-0.1, -0.05) is 17.9 Å². The minimum absolute atomic E-state index is 0.274. The number of benzene rings is 1. The molecule has 3 nitrogen and oxygen atoms in total. The molecule has 0 spiro atoms. The zero-order valence-corrected chi connectivity index (χ0v) is 11.3. The van der Waals surface area contributed by atoms with Crippen molar-refractivity contribution in [3.8, 4) is 11.8 Å². The normalized spacial score (nSPS) is 10.4. The summed E-state index contributed by atoms with van der Waals surface area (Å²) in [6.07, 6.45) is 3.35. The molecule has 1 heterocycles. The van der Waals surface area contributed by atoms with Crippen LogP contribution in [0.3, 0.4) is 0 Å². The van der Waals surface area contributed by atoms with Crippen LogP contribution in [0.1, 0.15) is 16.7 Å². The molecule has 2 rings (SSSR count). The van der Waals surface area contributed by atoms with Crippen LogP contribution in [-0.4, -0.2) is 23.7 Å². The second-order valence-corrected chi connectivity index (χ2v) is 4.58. The first kappa shape index (κ1) is 14.3. The van der Waals surface area contributed by atoms with Crippen LogP contribution in [0.5, 0.6) is 0 Å². The van der Waals surface area contributed by atoms with E-state index in [4.69, 9.17) is 9.52 Å². The SMILES string of the molecule is CN(Cc1ccoc1)Cc1ccc(F)c(C#CCO)c1. The molecule has 0 unspecified atom stereocenters. The van der Waals surface area contributed by atoms with Gasteiger partial charge in [-0.25, -0.2) is 4.39 Å². The lowest BCUT2D eigenvalue weighted by atomic mass is 10.1. The number of hydrogen-bond donors (Lipinski definition) is 1. The first-order chi connectivity index (χ1) is 9.69. The van der Waals surface area contributed by atoms with E-state index in [1.54, 1.807) is 24.7 Å². The Balaban J connectivity index is 2.05. The number of furan rings is 1. The molecule has 0 amide bonds. The van der Waals surface area contributed by atoms with Gasteiger partial charge in [0.1, 0.15) is 12.4 Å². The van der Waals surface area contributed by atoms with Gasteiger partial charge in [0.15, 0.2) is 0 Å². The van der Waals surface area contributed by atoms with Gasteiger partial charge in [0, 0.05) is 18.7 Å². The Labute approximate surface area is 117 Å². The Morgan fingerprint density at radius 3 is 2.75 bits per heavy atom. The molecule has 0 aliphatic heterocycles. The number of halogens is 1. The highest BCUT2D eigenvalue weighted by atomic mass is 19.1. The van der Waals surface area contributed by atoms with Gasteiger partial charge in [0.25, 0.3) is 0 Å².